The molecule has 0 aromatic rings. The molecule has 1 atom stereocenters. The van der Waals surface area contributed by atoms with Crippen molar-refractivity contribution >= 4 is 11.8 Å². The summed E-state index contributed by atoms with van der Waals surface area (Å²) in [7, 11) is 0. The molecular formula is C13H23N3O2. The fourth-order valence-corrected chi connectivity index (χ4v) is 2.47. The number of hydrogen-bond donors (Lipinski definition) is 2. The lowest BCUT2D eigenvalue weighted by atomic mass is 10.0. The average Bonchev–Trinajstić information content (AvgIpc) is 3.08. The third-order valence-corrected chi connectivity index (χ3v) is 3.77. The van der Waals surface area contributed by atoms with Crippen LogP contribution in [-0.2, 0) is 9.59 Å². The molecule has 0 aromatic carbocycles. The Balaban J connectivity index is 1.84. The van der Waals surface area contributed by atoms with Crippen LogP contribution in [0.5, 0.6) is 0 Å². The molecule has 0 bridgehead atoms. The highest BCUT2D eigenvalue weighted by molar-refractivity contribution is 5.89. The molecule has 2 amide bonds. The molecule has 2 rings (SSSR count). The predicted octanol–water partition coefficient (Wildman–Crippen LogP) is 0.385. The van der Waals surface area contributed by atoms with Gasteiger partial charge in [-0.1, -0.05) is 6.92 Å². The van der Waals surface area contributed by atoms with E-state index in [-0.39, 0.29) is 17.9 Å². The Bertz CT molecular complexity index is 339. The molecule has 5 heteroatoms. The van der Waals surface area contributed by atoms with Crippen LogP contribution >= 0.6 is 0 Å². The van der Waals surface area contributed by atoms with Gasteiger partial charge in [0.2, 0.25) is 11.8 Å². The maximum absolute atomic E-state index is 12.1. The van der Waals surface area contributed by atoms with Crippen molar-refractivity contribution in [1.29, 1.82) is 0 Å². The summed E-state index contributed by atoms with van der Waals surface area (Å²) in [6.45, 7) is 3.38. The predicted molar refractivity (Wildman–Crippen MR) is 68.8 cm³/mol. The molecule has 5 nitrogen and oxygen atoms in total. The van der Waals surface area contributed by atoms with Crippen LogP contribution in [0.3, 0.4) is 0 Å². The van der Waals surface area contributed by atoms with Gasteiger partial charge in [0.15, 0.2) is 0 Å². The summed E-state index contributed by atoms with van der Waals surface area (Å²) in [5.41, 5.74) is 5.35. The van der Waals surface area contributed by atoms with Gasteiger partial charge in [0, 0.05) is 25.6 Å². The van der Waals surface area contributed by atoms with Gasteiger partial charge in [0.25, 0.3) is 0 Å². The van der Waals surface area contributed by atoms with E-state index in [0.29, 0.717) is 13.0 Å². The Hall–Kier alpha value is -1.10. The molecule has 1 aliphatic heterocycles. The standard InChI is InChI=1S/C13H23N3O2/c1-2-4-11(17)15-10-5-3-8-16(9-10)12(18)13(14)6-7-13/h10H,2-9,14H2,1H3,(H,15,17). The van der Waals surface area contributed by atoms with Crippen molar-refractivity contribution in [3.63, 3.8) is 0 Å². The summed E-state index contributed by atoms with van der Waals surface area (Å²) >= 11 is 0. The molecular weight excluding hydrogens is 230 g/mol. The van der Waals surface area contributed by atoms with E-state index in [1.807, 2.05) is 11.8 Å². The third kappa shape index (κ3) is 3.02. The summed E-state index contributed by atoms with van der Waals surface area (Å²) in [4.78, 5) is 25.5. The maximum atomic E-state index is 12.1. The number of nitrogens with two attached hydrogens (primary N) is 1. The van der Waals surface area contributed by atoms with Crippen molar-refractivity contribution in [3.05, 3.63) is 0 Å². The monoisotopic (exact) mass is 253 g/mol. The van der Waals surface area contributed by atoms with Gasteiger partial charge < -0.3 is 16.0 Å². The zero-order valence-corrected chi connectivity index (χ0v) is 11.1. The van der Waals surface area contributed by atoms with E-state index in [1.54, 1.807) is 0 Å². The molecule has 1 saturated carbocycles. The SMILES string of the molecule is CCCC(=O)NC1CCCN(C(=O)C2(N)CC2)C1. The largest absolute Gasteiger partial charge is 0.352 e. The minimum Gasteiger partial charge on any atom is -0.352 e. The van der Waals surface area contributed by atoms with E-state index in [1.165, 1.54) is 0 Å². The van der Waals surface area contributed by atoms with Gasteiger partial charge in [-0.15, -0.1) is 0 Å². The Kier molecular flexibility index (Phi) is 3.90. The molecule has 102 valence electrons. The van der Waals surface area contributed by atoms with Crippen LogP contribution in [0.2, 0.25) is 0 Å². The Morgan fingerprint density at radius 1 is 1.44 bits per heavy atom. The lowest BCUT2D eigenvalue weighted by molar-refractivity contribution is -0.135. The second-order valence-corrected chi connectivity index (χ2v) is 5.56. The molecule has 1 aliphatic carbocycles. The fourth-order valence-electron chi connectivity index (χ4n) is 2.47. The molecule has 1 heterocycles. The van der Waals surface area contributed by atoms with Crippen molar-refractivity contribution in [3.8, 4) is 0 Å². The van der Waals surface area contributed by atoms with E-state index in [0.717, 1.165) is 38.6 Å². The van der Waals surface area contributed by atoms with Gasteiger partial charge in [-0.3, -0.25) is 9.59 Å². The summed E-state index contributed by atoms with van der Waals surface area (Å²) in [6.07, 6.45) is 4.92. The second-order valence-electron chi connectivity index (χ2n) is 5.56. The first kappa shape index (κ1) is 13.3. The fraction of sp³-hybridized carbons (Fsp3) is 0.846. The molecule has 18 heavy (non-hydrogen) atoms. The van der Waals surface area contributed by atoms with Gasteiger partial charge in [-0.05, 0) is 32.1 Å². The summed E-state index contributed by atoms with van der Waals surface area (Å²) in [6, 6.07) is 0.101. The molecule has 2 aliphatic rings. The van der Waals surface area contributed by atoms with Crippen LogP contribution in [0.4, 0.5) is 0 Å². The van der Waals surface area contributed by atoms with E-state index >= 15 is 0 Å². The normalized spacial score (nSPS) is 25.7. The lowest BCUT2D eigenvalue weighted by Crippen LogP contribution is -2.54. The molecule has 2 fully saturated rings. The van der Waals surface area contributed by atoms with Crippen molar-refractivity contribution in [2.75, 3.05) is 13.1 Å². The van der Waals surface area contributed by atoms with Gasteiger partial charge >= 0.3 is 0 Å². The molecule has 1 saturated heterocycles. The van der Waals surface area contributed by atoms with Crippen molar-refractivity contribution in [2.45, 2.75) is 57.0 Å². The van der Waals surface area contributed by atoms with Crippen molar-refractivity contribution in [1.82, 2.24) is 10.2 Å². The first-order valence-corrected chi connectivity index (χ1v) is 6.93. The average molecular weight is 253 g/mol. The Labute approximate surface area is 108 Å². The van der Waals surface area contributed by atoms with E-state index in [9.17, 15) is 9.59 Å². The topological polar surface area (TPSA) is 75.4 Å². The molecule has 0 radical (unpaired) electrons. The molecule has 0 aromatic heterocycles. The van der Waals surface area contributed by atoms with Gasteiger partial charge in [-0.2, -0.15) is 0 Å². The number of rotatable bonds is 4. The first-order chi connectivity index (χ1) is 8.55. The minimum absolute atomic E-state index is 0.0666. The maximum Gasteiger partial charge on any atom is 0.242 e. The van der Waals surface area contributed by atoms with Crippen LogP contribution in [0.1, 0.15) is 45.4 Å². The first-order valence-electron chi connectivity index (χ1n) is 6.93. The summed E-state index contributed by atoms with van der Waals surface area (Å²) in [5, 5.41) is 3.00. The number of hydrogen-bond acceptors (Lipinski definition) is 3. The van der Waals surface area contributed by atoms with Gasteiger partial charge in [-0.25, -0.2) is 0 Å². The molecule has 1 unspecified atom stereocenters. The smallest absolute Gasteiger partial charge is 0.242 e. The van der Waals surface area contributed by atoms with E-state index in [4.69, 9.17) is 5.73 Å². The third-order valence-electron chi connectivity index (χ3n) is 3.77. The van der Waals surface area contributed by atoms with Crippen LogP contribution in [0.25, 0.3) is 0 Å². The van der Waals surface area contributed by atoms with Crippen LogP contribution in [0, 0.1) is 0 Å². The van der Waals surface area contributed by atoms with Gasteiger partial charge in [0.05, 0.1) is 5.54 Å². The van der Waals surface area contributed by atoms with E-state index in [2.05, 4.69) is 5.32 Å². The highest BCUT2D eigenvalue weighted by atomic mass is 16.2. The van der Waals surface area contributed by atoms with Crippen molar-refractivity contribution in [2.24, 2.45) is 5.73 Å². The van der Waals surface area contributed by atoms with E-state index < -0.39 is 5.54 Å². The molecule has 0 spiro atoms. The highest BCUT2D eigenvalue weighted by Gasteiger charge is 2.48. The number of amides is 2. The number of carbonyl (C=O) groups excluding carboxylic acids is 2. The zero-order chi connectivity index (χ0) is 13.2. The number of piperidine rings is 1. The van der Waals surface area contributed by atoms with Crippen LogP contribution in [-0.4, -0.2) is 41.4 Å². The van der Waals surface area contributed by atoms with Crippen LogP contribution in [0.15, 0.2) is 0 Å². The van der Waals surface area contributed by atoms with Gasteiger partial charge in [0.1, 0.15) is 0 Å². The number of nitrogens with zero attached hydrogens (tertiary/aromatic N) is 1. The quantitative estimate of drug-likeness (QED) is 0.761. The minimum atomic E-state index is -0.588. The zero-order valence-electron chi connectivity index (χ0n) is 11.1. The number of likely N-dealkylation sites (tertiary alicyclic amines) is 1. The summed E-state index contributed by atoms with van der Waals surface area (Å²) in [5.74, 6) is 0.155. The second kappa shape index (κ2) is 5.26. The molecule has 3 N–H and O–H groups in total. The number of carbonyl (C=O) groups is 2. The Morgan fingerprint density at radius 3 is 2.78 bits per heavy atom. The lowest BCUT2D eigenvalue weighted by Gasteiger charge is -2.34. The summed E-state index contributed by atoms with van der Waals surface area (Å²) < 4.78 is 0. The Morgan fingerprint density at radius 2 is 2.17 bits per heavy atom. The van der Waals surface area contributed by atoms with Crippen molar-refractivity contribution < 1.29 is 9.59 Å². The highest BCUT2D eigenvalue weighted by Crippen LogP contribution is 2.34. The van der Waals surface area contributed by atoms with Crippen LogP contribution < -0.4 is 11.1 Å². The number of nitrogens with one attached hydrogen (secondary N) is 1.